The molecular weight excluding hydrogens is 352 g/mol. The highest BCUT2D eigenvalue weighted by atomic mass is 35.5. The molecule has 1 amide bonds. The zero-order valence-electron chi connectivity index (χ0n) is 14.4. The summed E-state index contributed by atoms with van der Waals surface area (Å²) in [7, 11) is 0. The number of carbonyl (C=O) groups is 1. The van der Waals surface area contributed by atoms with Gasteiger partial charge in [0.2, 0.25) is 5.91 Å². The zero-order chi connectivity index (χ0) is 18.1. The first-order valence-corrected chi connectivity index (χ1v) is 8.98. The predicted molar refractivity (Wildman–Crippen MR) is 101 cm³/mol. The fourth-order valence-electron chi connectivity index (χ4n) is 3.23. The molecule has 0 radical (unpaired) electrons. The summed E-state index contributed by atoms with van der Waals surface area (Å²) in [6.07, 6.45) is 1.81. The molecule has 1 aliphatic heterocycles. The molecule has 134 valence electrons. The lowest BCUT2D eigenvalue weighted by molar-refractivity contribution is -0.120. The third-order valence-corrected chi connectivity index (χ3v) is 4.88. The molecule has 1 N–H and O–H groups in total. The Morgan fingerprint density at radius 2 is 2.00 bits per heavy atom. The van der Waals surface area contributed by atoms with Crippen molar-refractivity contribution in [3.8, 4) is 0 Å². The van der Waals surface area contributed by atoms with E-state index in [1.807, 2.05) is 31.2 Å². The van der Waals surface area contributed by atoms with E-state index >= 15 is 0 Å². The number of nitrogens with one attached hydrogen (secondary N) is 1. The summed E-state index contributed by atoms with van der Waals surface area (Å²) >= 11 is 5.89. The van der Waals surface area contributed by atoms with Crippen molar-refractivity contribution in [1.82, 2.24) is 19.8 Å². The number of anilines is 2. The van der Waals surface area contributed by atoms with Gasteiger partial charge in [-0.2, -0.15) is 4.52 Å². The third kappa shape index (κ3) is 3.35. The number of amides is 1. The summed E-state index contributed by atoms with van der Waals surface area (Å²) in [6.45, 7) is 3.39. The summed E-state index contributed by atoms with van der Waals surface area (Å²) in [4.78, 5) is 14.8. The quantitative estimate of drug-likeness (QED) is 0.767. The molecule has 0 bridgehead atoms. The van der Waals surface area contributed by atoms with Gasteiger partial charge in [-0.25, -0.2) is 0 Å². The number of piperidine rings is 1. The Bertz CT molecular complexity index is 939. The number of hydrogen-bond acceptors (Lipinski definition) is 5. The van der Waals surface area contributed by atoms with E-state index in [4.69, 9.17) is 11.6 Å². The van der Waals surface area contributed by atoms with Gasteiger partial charge in [0.05, 0.1) is 5.92 Å². The Labute approximate surface area is 156 Å². The number of hydrogen-bond donors (Lipinski definition) is 1. The Morgan fingerprint density at radius 3 is 2.81 bits per heavy atom. The molecule has 7 nitrogen and oxygen atoms in total. The van der Waals surface area contributed by atoms with Gasteiger partial charge < -0.3 is 10.2 Å². The second kappa shape index (κ2) is 6.92. The van der Waals surface area contributed by atoms with Crippen molar-refractivity contribution < 1.29 is 4.79 Å². The Kier molecular flexibility index (Phi) is 4.46. The van der Waals surface area contributed by atoms with Crippen LogP contribution in [0.25, 0.3) is 5.65 Å². The van der Waals surface area contributed by atoms with Crippen molar-refractivity contribution in [1.29, 1.82) is 0 Å². The highest BCUT2D eigenvalue weighted by Crippen LogP contribution is 2.23. The van der Waals surface area contributed by atoms with E-state index < -0.39 is 0 Å². The minimum Gasteiger partial charge on any atom is -0.354 e. The first-order valence-electron chi connectivity index (χ1n) is 8.60. The fourth-order valence-corrected chi connectivity index (χ4v) is 3.36. The fraction of sp³-hybridized carbons (Fsp3) is 0.333. The van der Waals surface area contributed by atoms with Crippen molar-refractivity contribution in [2.75, 3.05) is 23.3 Å². The number of fused-ring (bicyclic) bond motifs is 1. The second-order valence-corrected chi connectivity index (χ2v) is 6.93. The smallest absolute Gasteiger partial charge is 0.229 e. The molecule has 1 fully saturated rings. The summed E-state index contributed by atoms with van der Waals surface area (Å²) in [6, 6.07) is 11.0. The first kappa shape index (κ1) is 16.8. The maximum absolute atomic E-state index is 12.6. The summed E-state index contributed by atoms with van der Waals surface area (Å²) in [5, 5.41) is 16.3. The highest BCUT2D eigenvalue weighted by molar-refractivity contribution is 6.30. The maximum atomic E-state index is 12.6. The van der Waals surface area contributed by atoms with Gasteiger partial charge in [-0.15, -0.1) is 15.3 Å². The number of halogens is 1. The van der Waals surface area contributed by atoms with E-state index in [-0.39, 0.29) is 11.8 Å². The van der Waals surface area contributed by atoms with Crippen LogP contribution in [0.2, 0.25) is 5.02 Å². The van der Waals surface area contributed by atoms with E-state index in [2.05, 4.69) is 25.5 Å². The topological polar surface area (TPSA) is 75.4 Å². The van der Waals surface area contributed by atoms with Crippen LogP contribution in [0.15, 0.2) is 36.4 Å². The minimum absolute atomic E-state index is 0.0265. The third-order valence-electron chi connectivity index (χ3n) is 4.63. The molecule has 1 aromatic carbocycles. The van der Waals surface area contributed by atoms with Crippen molar-refractivity contribution in [3.63, 3.8) is 0 Å². The van der Waals surface area contributed by atoms with Crippen LogP contribution >= 0.6 is 11.6 Å². The van der Waals surface area contributed by atoms with E-state index in [0.29, 0.717) is 11.6 Å². The van der Waals surface area contributed by atoms with Crippen LogP contribution in [0.4, 0.5) is 11.5 Å². The number of aromatic nitrogens is 4. The molecule has 1 atom stereocenters. The molecule has 1 saturated heterocycles. The molecule has 0 spiro atoms. The van der Waals surface area contributed by atoms with Crippen molar-refractivity contribution in [2.45, 2.75) is 19.8 Å². The van der Waals surface area contributed by atoms with Crippen molar-refractivity contribution in [2.24, 2.45) is 5.92 Å². The van der Waals surface area contributed by atoms with Crippen LogP contribution in [-0.2, 0) is 4.79 Å². The standard InChI is InChI=1S/C18H19ClN6O/c1-12-21-22-16-8-9-17(23-25(12)16)24-10-2-3-13(11-24)18(26)20-15-6-4-14(19)5-7-15/h4-9,13H,2-3,10-11H2,1H3,(H,20,26)/t13-/m0/s1. The van der Waals surface area contributed by atoms with Gasteiger partial charge in [-0.05, 0) is 56.2 Å². The molecule has 0 saturated carbocycles. The lowest BCUT2D eigenvalue weighted by atomic mass is 9.97. The molecule has 3 aromatic rings. The number of rotatable bonds is 3. The summed E-state index contributed by atoms with van der Waals surface area (Å²) in [5.41, 5.74) is 1.48. The minimum atomic E-state index is -0.0843. The SMILES string of the molecule is Cc1nnc2ccc(N3CCC[C@H](C(=O)Nc4ccc(Cl)cc4)C3)nn12. The molecule has 2 aromatic heterocycles. The molecule has 4 rings (SSSR count). The molecule has 8 heteroatoms. The highest BCUT2D eigenvalue weighted by Gasteiger charge is 2.27. The summed E-state index contributed by atoms with van der Waals surface area (Å²) < 4.78 is 1.73. The predicted octanol–water partition coefficient (Wildman–Crippen LogP) is 2.94. The second-order valence-electron chi connectivity index (χ2n) is 6.49. The molecular formula is C18H19ClN6O. The van der Waals surface area contributed by atoms with Crippen LogP contribution in [0, 0.1) is 12.8 Å². The van der Waals surface area contributed by atoms with Crippen LogP contribution in [-0.4, -0.2) is 38.8 Å². The number of nitrogens with zero attached hydrogens (tertiary/aromatic N) is 5. The van der Waals surface area contributed by atoms with Crippen LogP contribution in [0.1, 0.15) is 18.7 Å². The number of benzene rings is 1. The average molecular weight is 371 g/mol. The molecule has 3 heterocycles. The van der Waals surface area contributed by atoms with Gasteiger partial charge in [-0.3, -0.25) is 4.79 Å². The van der Waals surface area contributed by atoms with Gasteiger partial charge in [0.25, 0.3) is 0 Å². The lowest BCUT2D eigenvalue weighted by Gasteiger charge is -2.32. The largest absolute Gasteiger partial charge is 0.354 e. The van der Waals surface area contributed by atoms with Crippen LogP contribution in [0.5, 0.6) is 0 Å². The van der Waals surface area contributed by atoms with Crippen LogP contribution in [0.3, 0.4) is 0 Å². The van der Waals surface area contributed by atoms with E-state index in [1.54, 1.807) is 16.6 Å². The van der Waals surface area contributed by atoms with Gasteiger partial charge in [0, 0.05) is 23.8 Å². The van der Waals surface area contributed by atoms with Gasteiger partial charge in [-0.1, -0.05) is 11.6 Å². The maximum Gasteiger partial charge on any atom is 0.229 e. The Morgan fingerprint density at radius 1 is 1.19 bits per heavy atom. The summed E-state index contributed by atoms with van der Waals surface area (Å²) in [5.74, 6) is 1.53. The first-order chi connectivity index (χ1) is 12.6. The molecule has 0 aliphatic carbocycles. The Balaban J connectivity index is 1.48. The van der Waals surface area contributed by atoms with Crippen molar-refractivity contribution in [3.05, 3.63) is 47.2 Å². The zero-order valence-corrected chi connectivity index (χ0v) is 15.1. The number of carbonyl (C=O) groups excluding carboxylic acids is 1. The molecule has 1 aliphatic rings. The van der Waals surface area contributed by atoms with E-state index in [1.165, 1.54) is 0 Å². The molecule has 0 unspecified atom stereocenters. The normalized spacial score (nSPS) is 17.5. The van der Waals surface area contributed by atoms with Gasteiger partial charge in [0.15, 0.2) is 11.5 Å². The van der Waals surface area contributed by atoms with E-state index in [9.17, 15) is 4.79 Å². The molecule has 26 heavy (non-hydrogen) atoms. The van der Waals surface area contributed by atoms with Gasteiger partial charge >= 0.3 is 0 Å². The van der Waals surface area contributed by atoms with Crippen molar-refractivity contribution >= 4 is 34.7 Å². The lowest BCUT2D eigenvalue weighted by Crippen LogP contribution is -2.41. The average Bonchev–Trinajstić information content (AvgIpc) is 3.04. The van der Waals surface area contributed by atoms with Gasteiger partial charge in [0.1, 0.15) is 5.82 Å². The van der Waals surface area contributed by atoms with E-state index in [0.717, 1.165) is 42.4 Å². The monoisotopic (exact) mass is 370 g/mol. The Hall–Kier alpha value is -2.67. The van der Waals surface area contributed by atoms with Crippen LogP contribution < -0.4 is 10.2 Å². The number of aryl methyl sites for hydroxylation is 1.